The summed E-state index contributed by atoms with van der Waals surface area (Å²) in [5.74, 6) is 1.06. The fourth-order valence-corrected chi connectivity index (χ4v) is 4.46. The molecule has 5 rings (SSSR count). The Balaban J connectivity index is 1.38. The number of fused-ring (bicyclic) bond motifs is 2. The highest BCUT2D eigenvalue weighted by Crippen LogP contribution is 2.30. The van der Waals surface area contributed by atoms with E-state index in [1.807, 2.05) is 43.3 Å². The molecule has 0 spiro atoms. The summed E-state index contributed by atoms with van der Waals surface area (Å²) in [7, 11) is 1.59. The number of hydrogen-bond acceptors (Lipinski definition) is 5. The molecule has 0 fully saturated rings. The maximum Gasteiger partial charge on any atom is 0.291 e. The Kier molecular flexibility index (Phi) is 6.06. The van der Waals surface area contributed by atoms with Crippen LogP contribution in [0.25, 0.3) is 10.8 Å². The highest BCUT2D eigenvalue weighted by molar-refractivity contribution is 6.11. The first-order valence-corrected chi connectivity index (χ1v) is 11.5. The van der Waals surface area contributed by atoms with Gasteiger partial charge in [-0.1, -0.05) is 36.4 Å². The van der Waals surface area contributed by atoms with Crippen molar-refractivity contribution < 1.29 is 18.7 Å². The number of amides is 2. The van der Waals surface area contributed by atoms with Crippen LogP contribution in [0.15, 0.2) is 76.2 Å². The average Bonchev–Trinajstić information content (AvgIpc) is 3.24. The lowest BCUT2D eigenvalue weighted by atomic mass is 9.93. The molecule has 3 aromatic carbocycles. The van der Waals surface area contributed by atoms with Crippen LogP contribution in [0.1, 0.15) is 50.6 Å². The van der Waals surface area contributed by atoms with E-state index in [1.165, 1.54) is 0 Å². The summed E-state index contributed by atoms with van der Waals surface area (Å²) in [6, 6.07) is 20.4. The predicted molar refractivity (Wildman–Crippen MR) is 135 cm³/mol. The first-order chi connectivity index (χ1) is 17.0. The van der Waals surface area contributed by atoms with Crippen molar-refractivity contribution in [2.75, 3.05) is 12.4 Å². The number of hydrazone groups is 1. The molecule has 2 amide bonds. The molecule has 7 nitrogen and oxygen atoms in total. The zero-order chi connectivity index (χ0) is 24.4. The molecule has 0 saturated carbocycles. The van der Waals surface area contributed by atoms with E-state index in [2.05, 4.69) is 15.8 Å². The highest BCUT2D eigenvalue weighted by Gasteiger charge is 2.28. The Bertz CT molecular complexity index is 1450. The van der Waals surface area contributed by atoms with E-state index in [9.17, 15) is 9.59 Å². The third-order valence-corrected chi connectivity index (χ3v) is 6.21. The predicted octanol–water partition coefficient (Wildman–Crippen LogP) is 5.47. The van der Waals surface area contributed by atoms with Gasteiger partial charge >= 0.3 is 0 Å². The van der Waals surface area contributed by atoms with E-state index >= 15 is 0 Å². The van der Waals surface area contributed by atoms with Crippen LogP contribution in [0.4, 0.5) is 5.69 Å². The number of carbonyl (C=O) groups is 2. The van der Waals surface area contributed by atoms with Crippen LogP contribution in [0.5, 0.6) is 5.75 Å². The second-order valence-electron chi connectivity index (χ2n) is 8.42. The van der Waals surface area contributed by atoms with Gasteiger partial charge in [0.2, 0.25) is 0 Å². The molecule has 1 heterocycles. The van der Waals surface area contributed by atoms with Crippen molar-refractivity contribution in [3.05, 3.63) is 94.9 Å². The lowest BCUT2D eigenvalue weighted by Gasteiger charge is -2.13. The second-order valence-corrected chi connectivity index (χ2v) is 8.42. The normalized spacial score (nSPS) is 13.9. The maximum atomic E-state index is 12.9. The number of aryl methyl sites for hydroxylation is 1. The summed E-state index contributed by atoms with van der Waals surface area (Å²) in [6.07, 6.45) is 2.22. The van der Waals surface area contributed by atoms with E-state index < -0.39 is 0 Å². The van der Waals surface area contributed by atoms with Crippen molar-refractivity contribution in [1.29, 1.82) is 0 Å². The van der Waals surface area contributed by atoms with Gasteiger partial charge in [-0.15, -0.1) is 0 Å². The van der Waals surface area contributed by atoms with Crippen molar-refractivity contribution in [1.82, 2.24) is 5.43 Å². The number of furan rings is 1. The van der Waals surface area contributed by atoms with Crippen molar-refractivity contribution in [3.8, 4) is 5.75 Å². The van der Waals surface area contributed by atoms with Crippen LogP contribution in [-0.4, -0.2) is 24.6 Å². The van der Waals surface area contributed by atoms with Gasteiger partial charge in [0.05, 0.1) is 12.8 Å². The third-order valence-electron chi connectivity index (χ3n) is 6.21. The number of nitrogens with one attached hydrogen (secondary N) is 2. The molecule has 1 aromatic heterocycles. The largest absolute Gasteiger partial charge is 0.497 e. The lowest BCUT2D eigenvalue weighted by molar-refractivity contribution is 0.0955. The van der Waals surface area contributed by atoms with Gasteiger partial charge in [0.15, 0.2) is 5.76 Å². The Hall–Kier alpha value is -4.39. The highest BCUT2D eigenvalue weighted by atomic mass is 16.5. The van der Waals surface area contributed by atoms with Crippen molar-refractivity contribution in [2.45, 2.75) is 26.2 Å². The number of rotatable bonds is 5. The second kappa shape index (κ2) is 9.46. The average molecular weight is 468 g/mol. The van der Waals surface area contributed by atoms with Crippen LogP contribution in [-0.2, 0) is 6.42 Å². The molecule has 0 atom stereocenters. The van der Waals surface area contributed by atoms with Crippen molar-refractivity contribution in [2.24, 2.45) is 5.10 Å². The smallest absolute Gasteiger partial charge is 0.291 e. The summed E-state index contributed by atoms with van der Waals surface area (Å²) >= 11 is 0. The molecule has 0 unspecified atom stereocenters. The molecular weight excluding hydrogens is 442 g/mol. The van der Waals surface area contributed by atoms with Gasteiger partial charge in [-0.25, -0.2) is 5.43 Å². The number of nitrogens with zero attached hydrogens (tertiary/aromatic N) is 1. The van der Waals surface area contributed by atoms with Crippen molar-refractivity contribution >= 4 is 34.0 Å². The molecule has 7 heteroatoms. The van der Waals surface area contributed by atoms with Crippen LogP contribution in [0.3, 0.4) is 0 Å². The molecule has 35 heavy (non-hydrogen) atoms. The minimum atomic E-state index is -0.332. The van der Waals surface area contributed by atoms with E-state index in [0.717, 1.165) is 22.8 Å². The number of hydrogen-bond donors (Lipinski definition) is 2. The van der Waals surface area contributed by atoms with Crippen LogP contribution in [0, 0.1) is 6.92 Å². The number of carbonyl (C=O) groups excluding carboxylic acids is 2. The fourth-order valence-electron chi connectivity index (χ4n) is 4.46. The minimum absolute atomic E-state index is 0.251. The summed E-state index contributed by atoms with van der Waals surface area (Å²) in [5, 5.41) is 9.18. The monoisotopic (exact) mass is 467 g/mol. The van der Waals surface area contributed by atoms with Gasteiger partial charge < -0.3 is 14.5 Å². The Morgan fingerprint density at radius 2 is 1.71 bits per heavy atom. The van der Waals surface area contributed by atoms with E-state index in [-0.39, 0.29) is 17.6 Å². The summed E-state index contributed by atoms with van der Waals surface area (Å²) in [6.45, 7) is 1.85. The topological polar surface area (TPSA) is 92.9 Å². The first kappa shape index (κ1) is 22.4. The molecule has 0 radical (unpaired) electrons. The fraction of sp³-hybridized carbons (Fsp3) is 0.179. The molecule has 2 N–H and O–H groups in total. The van der Waals surface area contributed by atoms with Gasteiger partial charge in [-0.2, -0.15) is 5.10 Å². The SMILES string of the molecule is COc1ccc(NC(=O)c2oc3c(c2C)/C(=N/NC(=O)c2cccc4ccccc24)CCC3)cc1. The molecule has 1 aliphatic rings. The molecule has 176 valence electrons. The van der Waals surface area contributed by atoms with E-state index in [0.29, 0.717) is 46.9 Å². The van der Waals surface area contributed by atoms with Gasteiger partial charge in [0, 0.05) is 28.8 Å². The third kappa shape index (κ3) is 4.40. The molecular formula is C28H25N3O4. The summed E-state index contributed by atoms with van der Waals surface area (Å²) < 4.78 is 11.1. The summed E-state index contributed by atoms with van der Waals surface area (Å²) in [5.41, 5.74) is 6.14. The molecule has 0 aliphatic heterocycles. The van der Waals surface area contributed by atoms with Gasteiger partial charge in [0.1, 0.15) is 11.5 Å². The zero-order valence-corrected chi connectivity index (χ0v) is 19.6. The number of anilines is 1. The summed E-state index contributed by atoms with van der Waals surface area (Å²) in [4.78, 5) is 25.9. The Morgan fingerprint density at radius 3 is 2.51 bits per heavy atom. The Labute approximate surface area is 202 Å². The van der Waals surface area contributed by atoms with Crippen molar-refractivity contribution in [3.63, 3.8) is 0 Å². The number of benzene rings is 3. The standard InChI is InChI=1S/C28H25N3O4/c1-17-25-23(30-31-27(32)22-10-5-8-18-7-3-4-9-21(18)22)11-6-12-24(25)35-26(17)28(33)29-19-13-15-20(34-2)16-14-19/h3-5,7-10,13-16H,6,11-12H2,1-2H3,(H,29,33)(H,31,32)/b30-23+. The zero-order valence-electron chi connectivity index (χ0n) is 19.6. The van der Waals surface area contributed by atoms with E-state index in [1.54, 1.807) is 37.4 Å². The first-order valence-electron chi connectivity index (χ1n) is 11.5. The van der Waals surface area contributed by atoms with Crippen LogP contribution < -0.4 is 15.5 Å². The number of ether oxygens (including phenoxy) is 1. The quantitative estimate of drug-likeness (QED) is 0.381. The van der Waals surface area contributed by atoms with Crippen LogP contribution in [0.2, 0.25) is 0 Å². The van der Waals surface area contributed by atoms with Crippen LogP contribution >= 0.6 is 0 Å². The molecule has 0 saturated heterocycles. The maximum absolute atomic E-state index is 12.9. The minimum Gasteiger partial charge on any atom is -0.497 e. The molecule has 0 bridgehead atoms. The number of methoxy groups -OCH3 is 1. The van der Waals surface area contributed by atoms with Gasteiger partial charge in [0.25, 0.3) is 11.8 Å². The molecule has 4 aromatic rings. The molecule has 1 aliphatic carbocycles. The Morgan fingerprint density at radius 1 is 0.943 bits per heavy atom. The lowest BCUT2D eigenvalue weighted by Crippen LogP contribution is -2.22. The van der Waals surface area contributed by atoms with Gasteiger partial charge in [-0.05, 0) is 60.9 Å². The van der Waals surface area contributed by atoms with E-state index in [4.69, 9.17) is 9.15 Å². The van der Waals surface area contributed by atoms with Gasteiger partial charge in [-0.3, -0.25) is 9.59 Å².